The molecule has 4 nitrogen and oxygen atoms in total. The van der Waals surface area contributed by atoms with Crippen LogP contribution < -0.4 is 4.72 Å². The first-order valence-corrected chi connectivity index (χ1v) is 12.9. The summed E-state index contributed by atoms with van der Waals surface area (Å²) in [5.74, 6) is 0. The average Bonchev–Trinajstić information content (AvgIpc) is 3.33. The lowest BCUT2D eigenvalue weighted by Gasteiger charge is -2.31. The number of anilines is 1. The standard InChI is InChI=1S/C23H23F3N2O2S2/c1-4-22(5-2,20-12-14-11-15(23(24,25)26)9-10-19(14)31-20)17-13-27-21-16(17)7-6-8-18(21)28-32(3,29)30/h6-13,27-28H,4-5H2,1-3H3. The summed E-state index contributed by atoms with van der Waals surface area (Å²) < 4.78 is 66.5. The van der Waals surface area contributed by atoms with Gasteiger partial charge in [-0.2, -0.15) is 13.2 Å². The van der Waals surface area contributed by atoms with Gasteiger partial charge in [0.05, 0.1) is 23.0 Å². The van der Waals surface area contributed by atoms with E-state index < -0.39 is 27.2 Å². The van der Waals surface area contributed by atoms with Crippen molar-refractivity contribution in [3.05, 3.63) is 64.7 Å². The third kappa shape index (κ3) is 3.88. The molecule has 2 aromatic heterocycles. The van der Waals surface area contributed by atoms with E-state index in [-0.39, 0.29) is 0 Å². The first-order chi connectivity index (χ1) is 15.0. The number of alkyl halides is 3. The van der Waals surface area contributed by atoms with E-state index in [1.165, 1.54) is 23.5 Å². The summed E-state index contributed by atoms with van der Waals surface area (Å²) in [5.41, 5.74) is 1.06. The van der Waals surface area contributed by atoms with E-state index in [2.05, 4.69) is 23.6 Å². The predicted molar refractivity (Wildman–Crippen MR) is 125 cm³/mol. The lowest BCUT2D eigenvalue weighted by Crippen LogP contribution is -2.24. The quantitative estimate of drug-likeness (QED) is 0.316. The molecular weight excluding hydrogens is 457 g/mol. The van der Waals surface area contributed by atoms with Crippen LogP contribution in [0.3, 0.4) is 0 Å². The first-order valence-electron chi connectivity index (χ1n) is 10.2. The van der Waals surface area contributed by atoms with Gasteiger partial charge in [0.15, 0.2) is 0 Å². The van der Waals surface area contributed by atoms with Crippen molar-refractivity contribution >= 4 is 48.0 Å². The second-order valence-electron chi connectivity index (χ2n) is 7.95. The second-order valence-corrected chi connectivity index (χ2v) is 10.8. The molecule has 0 bridgehead atoms. The number of thiophene rings is 1. The summed E-state index contributed by atoms with van der Waals surface area (Å²) in [7, 11) is -3.45. The van der Waals surface area contributed by atoms with Crippen molar-refractivity contribution in [1.29, 1.82) is 0 Å². The molecule has 4 rings (SSSR count). The average molecular weight is 481 g/mol. The Morgan fingerprint density at radius 2 is 1.78 bits per heavy atom. The number of sulfonamides is 1. The summed E-state index contributed by atoms with van der Waals surface area (Å²) in [6, 6.07) is 11.1. The van der Waals surface area contributed by atoms with Gasteiger partial charge in [0.2, 0.25) is 10.0 Å². The highest BCUT2D eigenvalue weighted by molar-refractivity contribution is 7.92. The third-order valence-electron chi connectivity index (χ3n) is 6.05. The first kappa shape index (κ1) is 22.7. The maximum atomic E-state index is 13.2. The van der Waals surface area contributed by atoms with E-state index in [9.17, 15) is 21.6 Å². The lowest BCUT2D eigenvalue weighted by atomic mass is 9.74. The highest BCUT2D eigenvalue weighted by Crippen LogP contribution is 2.47. The van der Waals surface area contributed by atoms with Crippen LogP contribution in [0.2, 0.25) is 0 Å². The number of hydrogen-bond acceptors (Lipinski definition) is 3. The Labute approximate surface area is 188 Å². The minimum absolute atomic E-state index is 0.427. The third-order valence-corrected chi connectivity index (χ3v) is 7.96. The van der Waals surface area contributed by atoms with E-state index in [0.29, 0.717) is 16.6 Å². The Morgan fingerprint density at radius 1 is 1.06 bits per heavy atom. The van der Waals surface area contributed by atoms with Crippen LogP contribution in [0.15, 0.2) is 48.7 Å². The van der Waals surface area contributed by atoms with Gasteiger partial charge in [-0.25, -0.2) is 8.42 Å². The molecule has 9 heteroatoms. The maximum Gasteiger partial charge on any atom is 0.416 e. The van der Waals surface area contributed by atoms with Gasteiger partial charge in [-0.05, 0) is 54.1 Å². The molecule has 32 heavy (non-hydrogen) atoms. The zero-order valence-electron chi connectivity index (χ0n) is 17.8. The molecule has 0 fully saturated rings. The van der Waals surface area contributed by atoms with Crippen molar-refractivity contribution in [1.82, 2.24) is 4.98 Å². The predicted octanol–water partition coefficient (Wildman–Crippen LogP) is 6.88. The highest BCUT2D eigenvalue weighted by atomic mass is 32.2. The van der Waals surface area contributed by atoms with Crippen molar-refractivity contribution in [3.63, 3.8) is 0 Å². The number of aromatic nitrogens is 1. The Morgan fingerprint density at radius 3 is 2.41 bits per heavy atom. The smallest absolute Gasteiger partial charge is 0.359 e. The minimum Gasteiger partial charge on any atom is -0.359 e. The monoisotopic (exact) mass is 480 g/mol. The van der Waals surface area contributed by atoms with Gasteiger partial charge in [-0.15, -0.1) is 11.3 Å². The van der Waals surface area contributed by atoms with Crippen LogP contribution in [0.5, 0.6) is 0 Å². The fourth-order valence-electron chi connectivity index (χ4n) is 4.40. The van der Waals surface area contributed by atoms with E-state index in [4.69, 9.17) is 0 Å². The molecule has 0 aliphatic heterocycles. The number of para-hydroxylation sites is 1. The van der Waals surface area contributed by atoms with Crippen LogP contribution in [0.1, 0.15) is 42.7 Å². The fourth-order valence-corrected chi connectivity index (χ4v) is 6.36. The van der Waals surface area contributed by atoms with Crippen LogP contribution in [0, 0.1) is 0 Å². The van der Waals surface area contributed by atoms with Crippen LogP contribution in [0.25, 0.3) is 21.0 Å². The molecule has 4 aromatic rings. The van der Waals surface area contributed by atoms with Crippen molar-refractivity contribution in [2.24, 2.45) is 0 Å². The van der Waals surface area contributed by atoms with Gasteiger partial charge < -0.3 is 4.98 Å². The number of H-pyrrole nitrogens is 1. The van der Waals surface area contributed by atoms with Gasteiger partial charge in [-0.1, -0.05) is 26.0 Å². The molecule has 0 saturated heterocycles. The SMILES string of the molecule is CCC(CC)(c1cc2cc(C(F)(F)F)ccc2s1)c1c[nH]c2c(NS(C)(=O)=O)cccc12. The van der Waals surface area contributed by atoms with E-state index in [1.807, 2.05) is 18.3 Å². The molecule has 2 heterocycles. The summed E-state index contributed by atoms with van der Waals surface area (Å²) in [5, 5.41) is 1.46. The van der Waals surface area contributed by atoms with Crippen molar-refractivity contribution in [2.75, 3.05) is 11.0 Å². The lowest BCUT2D eigenvalue weighted by molar-refractivity contribution is -0.137. The zero-order valence-corrected chi connectivity index (χ0v) is 19.4. The largest absolute Gasteiger partial charge is 0.416 e. The number of benzene rings is 2. The summed E-state index contributed by atoms with van der Waals surface area (Å²) in [6.45, 7) is 4.12. The van der Waals surface area contributed by atoms with Crippen molar-refractivity contribution in [3.8, 4) is 0 Å². The molecule has 2 N–H and O–H groups in total. The molecule has 2 aromatic carbocycles. The molecule has 0 aliphatic rings. The molecule has 0 radical (unpaired) electrons. The summed E-state index contributed by atoms with van der Waals surface area (Å²) in [6.07, 6.45) is 0.0716. The van der Waals surface area contributed by atoms with Gasteiger partial charge >= 0.3 is 6.18 Å². The molecule has 0 atom stereocenters. The second kappa shape index (κ2) is 7.81. The topological polar surface area (TPSA) is 62.0 Å². The number of hydrogen-bond donors (Lipinski definition) is 2. The molecule has 0 aliphatic carbocycles. The molecular formula is C23H23F3N2O2S2. The number of fused-ring (bicyclic) bond motifs is 2. The van der Waals surface area contributed by atoms with Crippen LogP contribution in [0.4, 0.5) is 18.9 Å². The van der Waals surface area contributed by atoms with Crippen LogP contribution >= 0.6 is 11.3 Å². The minimum atomic E-state index is -4.39. The van der Waals surface area contributed by atoms with Gasteiger partial charge in [0.1, 0.15) is 0 Å². The van der Waals surface area contributed by atoms with E-state index in [1.54, 1.807) is 12.1 Å². The molecule has 0 amide bonds. The Hall–Kier alpha value is -2.52. The Kier molecular flexibility index (Phi) is 5.53. The number of halogens is 3. The molecule has 170 valence electrons. The highest BCUT2D eigenvalue weighted by Gasteiger charge is 2.36. The molecule has 0 unspecified atom stereocenters. The Bertz CT molecular complexity index is 1400. The summed E-state index contributed by atoms with van der Waals surface area (Å²) >= 11 is 1.50. The van der Waals surface area contributed by atoms with Gasteiger partial charge in [0, 0.05) is 26.6 Å². The fraction of sp³-hybridized carbons (Fsp3) is 0.304. The van der Waals surface area contributed by atoms with E-state index >= 15 is 0 Å². The Balaban J connectivity index is 1.90. The zero-order chi connectivity index (χ0) is 23.3. The van der Waals surface area contributed by atoms with Gasteiger partial charge in [-0.3, -0.25) is 4.72 Å². The van der Waals surface area contributed by atoms with Gasteiger partial charge in [0.25, 0.3) is 0 Å². The number of nitrogens with one attached hydrogen (secondary N) is 2. The van der Waals surface area contributed by atoms with Crippen molar-refractivity contribution in [2.45, 2.75) is 38.3 Å². The number of aromatic amines is 1. The summed E-state index contributed by atoms with van der Waals surface area (Å²) in [4.78, 5) is 4.20. The number of rotatable bonds is 6. The van der Waals surface area contributed by atoms with Crippen LogP contribution in [-0.2, 0) is 21.6 Å². The maximum absolute atomic E-state index is 13.2. The molecule has 0 saturated carbocycles. The van der Waals surface area contributed by atoms with Crippen LogP contribution in [-0.4, -0.2) is 19.7 Å². The van der Waals surface area contributed by atoms with Crippen molar-refractivity contribution < 1.29 is 21.6 Å². The molecule has 0 spiro atoms. The normalized spacial score (nSPS) is 13.2. The van der Waals surface area contributed by atoms with E-state index in [0.717, 1.165) is 45.7 Å².